The molecule has 0 unspecified atom stereocenters. The lowest BCUT2D eigenvalue weighted by atomic mass is 9.53. The molecule has 5 fully saturated rings. The first-order valence-electron chi connectivity index (χ1n) is 9.07. The third-order valence-corrected chi connectivity index (χ3v) is 6.84. The zero-order valence-electron chi connectivity index (χ0n) is 13.5. The summed E-state index contributed by atoms with van der Waals surface area (Å²) in [6.07, 6.45) is 16.5. The van der Waals surface area contributed by atoms with Gasteiger partial charge in [0.25, 0.3) is 0 Å². The van der Waals surface area contributed by atoms with E-state index in [1.54, 1.807) is 0 Å². The predicted octanol–water partition coefficient (Wildman–Crippen LogP) is 3.32. The first kappa shape index (κ1) is 14.5. The van der Waals surface area contributed by atoms with Gasteiger partial charge in [-0.2, -0.15) is 4.57 Å². The van der Waals surface area contributed by atoms with Gasteiger partial charge < -0.3 is 10.4 Å². The minimum atomic E-state index is 0. The number of pyridine rings is 1. The summed E-state index contributed by atoms with van der Waals surface area (Å²) >= 11 is 0. The molecule has 3 nitrogen and oxygen atoms in total. The SMILES string of the molecule is [OH-].c1c[n+](C23CC4CC(CC(C4)C2)C3)ccc1N1CCCC1. The normalized spacial score (nSPS) is 39.1. The van der Waals surface area contributed by atoms with E-state index in [0.29, 0.717) is 5.54 Å². The van der Waals surface area contributed by atoms with Crippen molar-refractivity contribution in [1.82, 2.24) is 0 Å². The van der Waals surface area contributed by atoms with Crippen LogP contribution >= 0.6 is 0 Å². The number of aromatic nitrogens is 1. The van der Waals surface area contributed by atoms with E-state index in [1.807, 2.05) is 0 Å². The van der Waals surface area contributed by atoms with Crippen molar-refractivity contribution in [3.8, 4) is 0 Å². The second-order valence-corrected chi connectivity index (χ2v) is 8.30. The zero-order valence-corrected chi connectivity index (χ0v) is 13.5. The topological polar surface area (TPSA) is 37.1 Å². The van der Waals surface area contributed by atoms with E-state index in [-0.39, 0.29) is 5.48 Å². The van der Waals surface area contributed by atoms with E-state index in [4.69, 9.17) is 0 Å². The first-order valence-corrected chi connectivity index (χ1v) is 9.07. The number of hydrogen-bond acceptors (Lipinski definition) is 2. The van der Waals surface area contributed by atoms with Gasteiger partial charge in [-0.15, -0.1) is 0 Å². The molecule has 22 heavy (non-hydrogen) atoms. The van der Waals surface area contributed by atoms with Crippen LogP contribution in [0.5, 0.6) is 0 Å². The lowest BCUT2D eigenvalue weighted by molar-refractivity contribution is -0.776. The van der Waals surface area contributed by atoms with E-state index < -0.39 is 0 Å². The highest BCUT2D eigenvalue weighted by Crippen LogP contribution is 2.56. The molecule has 1 N–H and O–H groups in total. The molecule has 6 rings (SSSR count). The van der Waals surface area contributed by atoms with Crippen molar-refractivity contribution in [3.63, 3.8) is 0 Å². The Morgan fingerprint density at radius 2 is 1.36 bits per heavy atom. The highest BCUT2D eigenvalue weighted by atomic mass is 16.0. The van der Waals surface area contributed by atoms with Crippen LogP contribution in [0.2, 0.25) is 0 Å². The maximum Gasteiger partial charge on any atom is 0.171 e. The largest absolute Gasteiger partial charge is 0.870 e. The number of nitrogens with zero attached hydrogens (tertiary/aromatic N) is 2. The Labute approximate surface area is 133 Å². The van der Waals surface area contributed by atoms with E-state index in [0.717, 1.165) is 17.8 Å². The molecule has 0 radical (unpaired) electrons. The minimum absolute atomic E-state index is 0. The van der Waals surface area contributed by atoms with Gasteiger partial charge in [0.1, 0.15) is 0 Å². The van der Waals surface area contributed by atoms with Gasteiger partial charge >= 0.3 is 0 Å². The summed E-state index contributed by atoms with van der Waals surface area (Å²) in [4.78, 5) is 2.55. The molecule has 120 valence electrons. The van der Waals surface area contributed by atoms with Gasteiger partial charge in [0.05, 0.1) is 0 Å². The lowest BCUT2D eigenvalue weighted by Crippen LogP contribution is -2.64. The smallest absolute Gasteiger partial charge is 0.171 e. The van der Waals surface area contributed by atoms with Crippen molar-refractivity contribution in [1.29, 1.82) is 0 Å². The van der Waals surface area contributed by atoms with Gasteiger partial charge in [0, 0.05) is 50.2 Å². The number of anilines is 1. The summed E-state index contributed by atoms with van der Waals surface area (Å²) in [6, 6.07) is 4.76. The van der Waals surface area contributed by atoms with Gasteiger partial charge in [0.15, 0.2) is 17.9 Å². The molecule has 0 aromatic carbocycles. The van der Waals surface area contributed by atoms with Crippen molar-refractivity contribution in [2.75, 3.05) is 18.0 Å². The highest BCUT2D eigenvalue weighted by molar-refractivity contribution is 5.44. The van der Waals surface area contributed by atoms with Crippen LogP contribution in [-0.2, 0) is 5.54 Å². The fraction of sp³-hybridized carbons (Fsp3) is 0.737. The quantitative estimate of drug-likeness (QED) is 0.786. The summed E-state index contributed by atoms with van der Waals surface area (Å²) < 4.78 is 2.61. The molecule has 1 saturated heterocycles. The molecule has 0 amide bonds. The van der Waals surface area contributed by atoms with Gasteiger partial charge in [-0.1, -0.05) is 0 Å². The summed E-state index contributed by atoms with van der Waals surface area (Å²) in [6.45, 7) is 2.50. The third-order valence-electron chi connectivity index (χ3n) is 6.84. The Bertz CT molecular complexity index is 498. The molecule has 5 aliphatic rings. The molecule has 1 aliphatic heterocycles. The van der Waals surface area contributed by atoms with Gasteiger partial charge in [0.2, 0.25) is 0 Å². The van der Waals surface area contributed by atoms with Crippen LogP contribution in [0.25, 0.3) is 0 Å². The molecular weight excluding hydrogens is 272 g/mol. The fourth-order valence-electron chi connectivity index (χ4n) is 6.30. The van der Waals surface area contributed by atoms with Gasteiger partial charge in [-0.3, -0.25) is 0 Å². The Morgan fingerprint density at radius 3 is 1.86 bits per heavy atom. The van der Waals surface area contributed by atoms with Crippen molar-refractivity contribution in [2.24, 2.45) is 17.8 Å². The van der Waals surface area contributed by atoms with Crippen LogP contribution in [0.15, 0.2) is 24.5 Å². The van der Waals surface area contributed by atoms with Crippen molar-refractivity contribution in [3.05, 3.63) is 24.5 Å². The van der Waals surface area contributed by atoms with Crippen LogP contribution in [0.3, 0.4) is 0 Å². The second kappa shape index (κ2) is 5.23. The predicted molar refractivity (Wildman–Crippen MR) is 86.2 cm³/mol. The average molecular weight is 300 g/mol. The van der Waals surface area contributed by atoms with Crippen LogP contribution in [0.1, 0.15) is 51.4 Å². The number of hydrogen-bond donors (Lipinski definition) is 0. The summed E-state index contributed by atoms with van der Waals surface area (Å²) in [5.41, 5.74) is 1.92. The number of rotatable bonds is 2. The maximum absolute atomic E-state index is 2.61. The molecule has 0 atom stereocenters. The Kier molecular flexibility index (Phi) is 3.44. The monoisotopic (exact) mass is 300 g/mol. The van der Waals surface area contributed by atoms with Crippen LogP contribution in [0.4, 0.5) is 5.69 Å². The highest BCUT2D eigenvalue weighted by Gasteiger charge is 2.56. The molecule has 1 aromatic rings. The van der Waals surface area contributed by atoms with Crippen molar-refractivity contribution < 1.29 is 10.0 Å². The summed E-state index contributed by atoms with van der Waals surface area (Å²) in [7, 11) is 0. The van der Waals surface area contributed by atoms with Crippen LogP contribution in [-0.4, -0.2) is 18.6 Å². The summed E-state index contributed by atoms with van der Waals surface area (Å²) in [5, 5.41) is 0. The van der Waals surface area contributed by atoms with E-state index >= 15 is 0 Å². The van der Waals surface area contributed by atoms with Gasteiger partial charge in [-0.25, -0.2) is 0 Å². The average Bonchev–Trinajstić information content (AvgIpc) is 3.00. The Balaban J connectivity index is 0.00000125. The molecule has 3 heteroatoms. The maximum atomic E-state index is 2.61. The molecule has 0 spiro atoms. The molecule has 4 aliphatic carbocycles. The van der Waals surface area contributed by atoms with E-state index in [9.17, 15) is 0 Å². The van der Waals surface area contributed by atoms with Crippen molar-refractivity contribution >= 4 is 5.69 Å². The lowest BCUT2D eigenvalue weighted by Gasteiger charge is -2.53. The molecule has 2 heterocycles. The minimum Gasteiger partial charge on any atom is -0.870 e. The summed E-state index contributed by atoms with van der Waals surface area (Å²) in [5.74, 6) is 3.09. The standard InChI is InChI=1S/C19H27N2.H2O/c1-2-6-20(5-1)18-3-7-21(8-4-18)19-12-15-9-16(13-19)11-17(10-15)14-19;/h3-4,7-8,15-17H,1-2,5-6,9-14H2;1H2/q+1;/p-1. The van der Waals surface area contributed by atoms with Crippen LogP contribution < -0.4 is 9.47 Å². The third kappa shape index (κ3) is 2.17. The molecule has 4 saturated carbocycles. The first-order chi connectivity index (χ1) is 10.3. The van der Waals surface area contributed by atoms with E-state index in [2.05, 4.69) is 34.0 Å². The molecular formula is C19H28N2O. The van der Waals surface area contributed by atoms with Crippen molar-refractivity contribution in [2.45, 2.75) is 56.9 Å². The molecule has 4 bridgehead atoms. The zero-order chi connectivity index (χ0) is 13.9. The van der Waals surface area contributed by atoms with Crippen LogP contribution in [0, 0.1) is 17.8 Å². The second-order valence-electron chi connectivity index (χ2n) is 8.30. The van der Waals surface area contributed by atoms with E-state index in [1.165, 1.54) is 70.1 Å². The van der Waals surface area contributed by atoms with Gasteiger partial charge in [-0.05, 0) is 49.9 Å². The fourth-order valence-corrected chi connectivity index (χ4v) is 6.30. The Hall–Kier alpha value is -1.09. The molecule has 1 aromatic heterocycles. The Morgan fingerprint density at radius 1 is 0.864 bits per heavy atom.